The van der Waals surface area contributed by atoms with Gasteiger partial charge in [0.15, 0.2) is 0 Å². The molecule has 0 N–H and O–H groups in total. The Hall–Kier alpha value is -1.56. The summed E-state index contributed by atoms with van der Waals surface area (Å²) < 4.78 is 0. The molecule has 1 unspecified atom stereocenters. The van der Waals surface area contributed by atoms with Crippen LogP contribution >= 0.6 is 0 Å². The highest BCUT2D eigenvalue weighted by Gasteiger charge is 2.08. The first-order valence-corrected chi connectivity index (χ1v) is 6.21. The molecule has 0 aliphatic heterocycles. The van der Waals surface area contributed by atoms with Gasteiger partial charge in [-0.25, -0.2) is 0 Å². The maximum atomic E-state index is 2.29. The first-order chi connectivity index (χ1) is 8.06. The lowest BCUT2D eigenvalue weighted by Crippen LogP contribution is -1.97. The standard InChI is InChI=1S/C17H20/c1-12-5-7-16(8-6-12)15(4)17-10-13(2)9-14(3)11-17/h5-11,15H,1-4H3. The van der Waals surface area contributed by atoms with E-state index in [2.05, 4.69) is 70.2 Å². The van der Waals surface area contributed by atoms with Crippen LogP contribution in [-0.4, -0.2) is 0 Å². The zero-order chi connectivity index (χ0) is 12.4. The Kier molecular flexibility index (Phi) is 3.33. The number of benzene rings is 2. The van der Waals surface area contributed by atoms with Gasteiger partial charge in [0.25, 0.3) is 0 Å². The molecule has 0 fully saturated rings. The van der Waals surface area contributed by atoms with E-state index in [1.807, 2.05) is 0 Å². The molecule has 0 bridgehead atoms. The Bertz CT molecular complexity index is 486. The summed E-state index contributed by atoms with van der Waals surface area (Å²) >= 11 is 0. The maximum Gasteiger partial charge on any atom is 0.00612 e. The van der Waals surface area contributed by atoms with Crippen LogP contribution in [0.5, 0.6) is 0 Å². The van der Waals surface area contributed by atoms with Gasteiger partial charge in [-0.1, -0.05) is 66.1 Å². The van der Waals surface area contributed by atoms with Gasteiger partial charge in [-0.3, -0.25) is 0 Å². The molecule has 88 valence electrons. The molecule has 0 spiro atoms. The second-order valence-electron chi connectivity index (χ2n) is 5.05. The third kappa shape index (κ3) is 2.76. The lowest BCUT2D eigenvalue weighted by atomic mass is 9.90. The van der Waals surface area contributed by atoms with Crippen molar-refractivity contribution in [1.29, 1.82) is 0 Å². The largest absolute Gasteiger partial charge is 0.0590 e. The molecular weight excluding hydrogens is 204 g/mol. The fourth-order valence-corrected chi connectivity index (χ4v) is 2.31. The molecule has 2 aromatic rings. The lowest BCUT2D eigenvalue weighted by molar-refractivity contribution is 0.916. The summed E-state index contributed by atoms with van der Waals surface area (Å²) in [7, 11) is 0. The van der Waals surface area contributed by atoms with Gasteiger partial charge < -0.3 is 0 Å². The molecular formula is C17H20. The normalized spacial score (nSPS) is 12.5. The number of aryl methyl sites for hydroxylation is 3. The first kappa shape index (κ1) is 11.9. The van der Waals surface area contributed by atoms with E-state index < -0.39 is 0 Å². The summed E-state index contributed by atoms with van der Waals surface area (Å²) in [5.41, 5.74) is 6.81. The van der Waals surface area contributed by atoms with Gasteiger partial charge in [0.1, 0.15) is 0 Å². The monoisotopic (exact) mass is 224 g/mol. The molecule has 1 atom stereocenters. The second kappa shape index (κ2) is 4.75. The van der Waals surface area contributed by atoms with Crippen molar-refractivity contribution < 1.29 is 0 Å². The van der Waals surface area contributed by atoms with Crippen molar-refractivity contribution in [3.05, 3.63) is 70.3 Å². The summed E-state index contributed by atoms with van der Waals surface area (Å²) in [6.07, 6.45) is 0. The molecule has 0 saturated heterocycles. The number of hydrogen-bond acceptors (Lipinski definition) is 0. The number of rotatable bonds is 2. The molecule has 2 rings (SSSR count). The van der Waals surface area contributed by atoms with E-state index in [1.165, 1.54) is 27.8 Å². The van der Waals surface area contributed by atoms with Crippen molar-refractivity contribution in [3.8, 4) is 0 Å². The van der Waals surface area contributed by atoms with Crippen LogP contribution in [-0.2, 0) is 0 Å². The Morgan fingerprint density at radius 3 is 1.71 bits per heavy atom. The highest BCUT2D eigenvalue weighted by atomic mass is 14.1. The van der Waals surface area contributed by atoms with E-state index in [1.54, 1.807) is 0 Å². The molecule has 0 nitrogen and oxygen atoms in total. The molecule has 0 aliphatic rings. The minimum Gasteiger partial charge on any atom is -0.0590 e. The SMILES string of the molecule is Cc1ccc(C(C)c2cc(C)cc(C)c2)cc1. The van der Waals surface area contributed by atoms with Crippen LogP contribution in [0.4, 0.5) is 0 Å². The van der Waals surface area contributed by atoms with Crippen molar-refractivity contribution in [1.82, 2.24) is 0 Å². The predicted molar refractivity (Wildman–Crippen MR) is 74.6 cm³/mol. The van der Waals surface area contributed by atoms with Crippen molar-refractivity contribution in [2.75, 3.05) is 0 Å². The summed E-state index contributed by atoms with van der Waals surface area (Å²) in [6.45, 7) is 8.74. The highest BCUT2D eigenvalue weighted by Crippen LogP contribution is 2.25. The highest BCUT2D eigenvalue weighted by molar-refractivity contribution is 5.37. The van der Waals surface area contributed by atoms with Crippen LogP contribution in [0.2, 0.25) is 0 Å². The molecule has 0 heteroatoms. The van der Waals surface area contributed by atoms with E-state index in [0.29, 0.717) is 5.92 Å². The van der Waals surface area contributed by atoms with E-state index in [0.717, 1.165) is 0 Å². The third-order valence-corrected chi connectivity index (χ3v) is 3.32. The van der Waals surface area contributed by atoms with Gasteiger partial charge in [0.05, 0.1) is 0 Å². The summed E-state index contributed by atoms with van der Waals surface area (Å²) in [6, 6.07) is 15.7. The van der Waals surface area contributed by atoms with Crippen LogP contribution in [0.15, 0.2) is 42.5 Å². The summed E-state index contributed by atoms with van der Waals surface area (Å²) in [4.78, 5) is 0. The minimum absolute atomic E-state index is 0.467. The Morgan fingerprint density at radius 2 is 1.18 bits per heavy atom. The minimum atomic E-state index is 0.467. The van der Waals surface area contributed by atoms with Gasteiger partial charge in [-0.05, 0) is 31.9 Å². The van der Waals surface area contributed by atoms with E-state index in [-0.39, 0.29) is 0 Å². The van der Waals surface area contributed by atoms with E-state index in [4.69, 9.17) is 0 Å². The van der Waals surface area contributed by atoms with E-state index >= 15 is 0 Å². The van der Waals surface area contributed by atoms with Gasteiger partial charge >= 0.3 is 0 Å². The Morgan fingerprint density at radius 1 is 0.647 bits per heavy atom. The smallest absolute Gasteiger partial charge is 0.00612 e. The van der Waals surface area contributed by atoms with Gasteiger partial charge in [-0.2, -0.15) is 0 Å². The summed E-state index contributed by atoms with van der Waals surface area (Å²) in [5.74, 6) is 0.467. The van der Waals surface area contributed by atoms with Crippen molar-refractivity contribution in [2.45, 2.75) is 33.6 Å². The van der Waals surface area contributed by atoms with Crippen LogP contribution in [0, 0.1) is 20.8 Å². The maximum absolute atomic E-state index is 2.29. The molecule has 0 aromatic heterocycles. The third-order valence-electron chi connectivity index (χ3n) is 3.32. The molecule has 0 heterocycles. The first-order valence-electron chi connectivity index (χ1n) is 6.21. The Balaban J connectivity index is 2.36. The van der Waals surface area contributed by atoms with Crippen molar-refractivity contribution in [3.63, 3.8) is 0 Å². The fraction of sp³-hybridized carbons (Fsp3) is 0.294. The second-order valence-corrected chi connectivity index (χ2v) is 5.05. The molecule has 0 saturated carbocycles. The van der Waals surface area contributed by atoms with E-state index in [9.17, 15) is 0 Å². The average molecular weight is 224 g/mol. The van der Waals surface area contributed by atoms with Crippen LogP contribution in [0.3, 0.4) is 0 Å². The quantitative estimate of drug-likeness (QED) is 0.689. The topological polar surface area (TPSA) is 0 Å². The van der Waals surface area contributed by atoms with Crippen LogP contribution in [0.25, 0.3) is 0 Å². The van der Waals surface area contributed by atoms with Crippen LogP contribution < -0.4 is 0 Å². The number of hydrogen-bond donors (Lipinski definition) is 0. The van der Waals surface area contributed by atoms with Crippen LogP contribution in [0.1, 0.15) is 40.7 Å². The van der Waals surface area contributed by atoms with Gasteiger partial charge in [0.2, 0.25) is 0 Å². The molecule has 0 amide bonds. The molecule has 0 aliphatic carbocycles. The predicted octanol–water partition coefficient (Wildman–Crippen LogP) is 4.76. The fourth-order valence-electron chi connectivity index (χ4n) is 2.31. The summed E-state index contributed by atoms with van der Waals surface area (Å²) in [5, 5.41) is 0. The van der Waals surface area contributed by atoms with Gasteiger partial charge in [0, 0.05) is 5.92 Å². The molecule has 0 radical (unpaired) electrons. The molecule has 17 heavy (non-hydrogen) atoms. The van der Waals surface area contributed by atoms with Crippen molar-refractivity contribution >= 4 is 0 Å². The lowest BCUT2D eigenvalue weighted by Gasteiger charge is -2.14. The zero-order valence-electron chi connectivity index (χ0n) is 11.1. The van der Waals surface area contributed by atoms with Gasteiger partial charge in [-0.15, -0.1) is 0 Å². The zero-order valence-corrected chi connectivity index (χ0v) is 11.1. The Labute approximate surface area is 104 Å². The molecule has 2 aromatic carbocycles. The van der Waals surface area contributed by atoms with Crippen molar-refractivity contribution in [2.24, 2.45) is 0 Å². The average Bonchev–Trinajstić information content (AvgIpc) is 2.28.